The maximum absolute atomic E-state index is 10.6. The Morgan fingerprint density at radius 3 is 2.39 bits per heavy atom. The fraction of sp³-hybridized carbons (Fsp3) is 0.0833. The third kappa shape index (κ3) is 4.32. The predicted octanol–water partition coefficient (Wildman–Crippen LogP) is 3.27. The van der Waals surface area contributed by atoms with E-state index in [1.54, 1.807) is 0 Å². The van der Waals surface area contributed by atoms with Crippen molar-refractivity contribution in [3.05, 3.63) is 48.2 Å². The first-order chi connectivity index (χ1) is 8.41. The number of carbonyl (C=O) groups is 1. The minimum Gasteiger partial charge on any atom is -0.475 e. The summed E-state index contributed by atoms with van der Waals surface area (Å²) < 4.78 is 31.7. The molecule has 0 saturated carbocycles. The second kappa shape index (κ2) is 5.90. The molecule has 1 aromatic rings. The van der Waals surface area contributed by atoms with Gasteiger partial charge in [-0.15, -0.1) is 0 Å². The van der Waals surface area contributed by atoms with E-state index in [9.17, 15) is 13.2 Å². The van der Waals surface area contributed by atoms with E-state index in [2.05, 4.69) is 23.5 Å². The SMILES string of the molecule is C1=CNc2ccccc2C=C1.O=C(O)C(F)(F)F. The Hall–Kier alpha value is -2.24. The Morgan fingerprint density at radius 1 is 1.17 bits per heavy atom. The number of nitrogens with one attached hydrogen (secondary N) is 1. The van der Waals surface area contributed by atoms with Crippen molar-refractivity contribution < 1.29 is 23.1 Å². The number of aliphatic carboxylic acids is 1. The monoisotopic (exact) mass is 257 g/mol. The van der Waals surface area contributed by atoms with Crippen LogP contribution in [-0.4, -0.2) is 17.3 Å². The number of benzene rings is 1. The molecule has 96 valence electrons. The van der Waals surface area contributed by atoms with Gasteiger partial charge in [0.05, 0.1) is 0 Å². The van der Waals surface area contributed by atoms with E-state index in [-0.39, 0.29) is 0 Å². The Morgan fingerprint density at radius 2 is 1.78 bits per heavy atom. The number of hydrogen-bond acceptors (Lipinski definition) is 2. The van der Waals surface area contributed by atoms with Gasteiger partial charge < -0.3 is 10.4 Å². The highest BCUT2D eigenvalue weighted by Gasteiger charge is 2.38. The summed E-state index contributed by atoms with van der Waals surface area (Å²) in [6.45, 7) is 0. The molecule has 0 aliphatic carbocycles. The average Bonchev–Trinajstić information content (AvgIpc) is 2.53. The largest absolute Gasteiger partial charge is 0.490 e. The normalized spacial score (nSPS) is 12.6. The second-order valence-corrected chi connectivity index (χ2v) is 3.25. The number of carboxylic acids is 1. The van der Waals surface area contributed by atoms with Crippen molar-refractivity contribution in [3.8, 4) is 0 Å². The molecule has 0 unspecified atom stereocenters. The number of para-hydroxylation sites is 1. The zero-order valence-corrected chi connectivity index (χ0v) is 9.11. The number of halogens is 3. The first kappa shape index (κ1) is 13.8. The molecule has 18 heavy (non-hydrogen) atoms. The van der Waals surface area contributed by atoms with Crippen LogP contribution in [0.3, 0.4) is 0 Å². The molecule has 0 aromatic heterocycles. The van der Waals surface area contributed by atoms with Crippen molar-refractivity contribution in [2.45, 2.75) is 6.18 Å². The van der Waals surface area contributed by atoms with Crippen molar-refractivity contribution in [1.29, 1.82) is 0 Å². The van der Waals surface area contributed by atoms with Gasteiger partial charge in [-0.25, -0.2) is 4.79 Å². The van der Waals surface area contributed by atoms with Crippen molar-refractivity contribution in [3.63, 3.8) is 0 Å². The average molecular weight is 257 g/mol. The highest BCUT2D eigenvalue weighted by atomic mass is 19.4. The standard InChI is InChI=1S/C10H9N.C2HF3O2/c1-2-7-10-9(5-1)6-3-4-8-11-10;3-2(4,5)1(6)7/h1-8,11H;(H,6,7). The highest BCUT2D eigenvalue weighted by molar-refractivity contribution is 5.73. The van der Waals surface area contributed by atoms with Gasteiger partial charge in [-0.05, 0) is 17.7 Å². The summed E-state index contributed by atoms with van der Waals surface area (Å²) in [5, 5.41) is 10.3. The van der Waals surface area contributed by atoms with E-state index in [4.69, 9.17) is 9.90 Å². The lowest BCUT2D eigenvalue weighted by Gasteiger charge is -2.01. The van der Waals surface area contributed by atoms with E-state index < -0.39 is 12.1 Å². The number of rotatable bonds is 0. The van der Waals surface area contributed by atoms with Crippen LogP contribution in [0.2, 0.25) is 0 Å². The molecule has 0 radical (unpaired) electrons. The van der Waals surface area contributed by atoms with Crippen molar-refractivity contribution in [2.24, 2.45) is 0 Å². The molecule has 0 atom stereocenters. The van der Waals surface area contributed by atoms with Gasteiger partial charge in [0.15, 0.2) is 0 Å². The van der Waals surface area contributed by atoms with E-state index in [1.165, 1.54) is 5.56 Å². The zero-order valence-electron chi connectivity index (χ0n) is 9.11. The van der Waals surface area contributed by atoms with E-state index >= 15 is 0 Å². The van der Waals surface area contributed by atoms with Gasteiger partial charge in [-0.1, -0.05) is 30.4 Å². The van der Waals surface area contributed by atoms with E-state index in [1.807, 2.05) is 30.5 Å². The molecule has 0 bridgehead atoms. The van der Waals surface area contributed by atoms with Gasteiger partial charge in [0.25, 0.3) is 0 Å². The maximum Gasteiger partial charge on any atom is 0.490 e. The molecule has 1 aliphatic rings. The maximum atomic E-state index is 10.6. The first-order valence-corrected chi connectivity index (χ1v) is 4.90. The number of anilines is 1. The molecule has 3 nitrogen and oxygen atoms in total. The summed E-state index contributed by atoms with van der Waals surface area (Å²) >= 11 is 0. The molecule has 2 N–H and O–H groups in total. The molecule has 6 heteroatoms. The van der Waals surface area contributed by atoms with Crippen LogP contribution in [0.25, 0.3) is 6.08 Å². The van der Waals surface area contributed by atoms with Crippen LogP contribution in [0.5, 0.6) is 0 Å². The minimum absolute atomic E-state index is 1.16. The van der Waals surface area contributed by atoms with Crippen molar-refractivity contribution >= 4 is 17.7 Å². The quantitative estimate of drug-likeness (QED) is 0.749. The van der Waals surface area contributed by atoms with Gasteiger partial charge in [-0.2, -0.15) is 13.2 Å². The Kier molecular flexibility index (Phi) is 4.53. The number of carboxylic acid groups (broad SMARTS) is 1. The van der Waals surface area contributed by atoms with Gasteiger partial charge in [-0.3, -0.25) is 0 Å². The summed E-state index contributed by atoms with van der Waals surface area (Å²) in [5.74, 6) is -2.76. The summed E-state index contributed by atoms with van der Waals surface area (Å²) in [7, 11) is 0. The molecule has 1 aliphatic heterocycles. The topological polar surface area (TPSA) is 49.3 Å². The zero-order chi connectivity index (χ0) is 13.6. The lowest BCUT2D eigenvalue weighted by atomic mass is 10.2. The number of allylic oxidation sites excluding steroid dienone is 2. The van der Waals surface area contributed by atoms with Crippen LogP contribution >= 0.6 is 0 Å². The van der Waals surface area contributed by atoms with Gasteiger partial charge in [0, 0.05) is 11.9 Å². The van der Waals surface area contributed by atoms with Crippen LogP contribution in [0, 0.1) is 0 Å². The van der Waals surface area contributed by atoms with Crippen LogP contribution in [0.4, 0.5) is 18.9 Å². The smallest absolute Gasteiger partial charge is 0.475 e. The summed E-state index contributed by atoms with van der Waals surface area (Å²) in [6.07, 6.45) is 2.95. The fourth-order valence-electron chi connectivity index (χ4n) is 1.13. The minimum atomic E-state index is -5.08. The predicted molar refractivity (Wildman–Crippen MR) is 61.9 cm³/mol. The molecular weight excluding hydrogens is 247 g/mol. The Labute approximate surface area is 101 Å². The molecule has 0 amide bonds. The van der Waals surface area contributed by atoms with Gasteiger partial charge in [0.1, 0.15) is 0 Å². The first-order valence-electron chi connectivity index (χ1n) is 4.90. The van der Waals surface area contributed by atoms with E-state index in [0.29, 0.717) is 0 Å². The number of alkyl halides is 3. The summed E-state index contributed by atoms with van der Waals surface area (Å²) in [4.78, 5) is 8.90. The van der Waals surface area contributed by atoms with Crippen molar-refractivity contribution in [1.82, 2.24) is 0 Å². The lowest BCUT2D eigenvalue weighted by Crippen LogP contribution is -2.21. The third-order valence-electron chi connectivity index (χ3n) is 1.93. The fourth-order valence-corrected chi connectivity index (χ4v) is 1.13. The van der Waals surface area contributed by atoms with Gasteiger partial charge >= 0.3 is 12.1 Å². The molecule has 1 heterocycles. The molecule has 2 rings (SSSR count). The summed E-state index contributed by atoms with van der Waals surface area (Å²) in [6, 6.07) is 8.22. The molecule has 1 aromatic carbocycles. The molecular formula is C12H10F3NO2. The Balaban J connectivity index is 0.000000203. The van der Waals surface area contributed by atoms with E-state index in [0.717, 1.165) is 5.69 Å². The van der Waals surface area contributed by atoms with Crippen molar-refractivity contribution in [2.75, 3.05) is 5.32 Å². The summed E-state index contributed by atoms with van der Waals surface area (Å²) in [5.41, 5.74) is 2.40. The van der Waals surface area contributed by atoms with Crippen LogP contribution in [-0.2, 0) is 4.79 Å². The van der Waals surface area contributed by atoms with Crippen LogP contribution in [0.1, 0.15) is 5.56 Å². The van der Waals surface area contributed by atoms with Gasteiger partial charge in [0.2, 0.25) is 0 Å². The second-order valence-electron chi connectivity index (χ2n) is 3.25. The number of fused-ring (bicyclic) bond motifs is 1. The lowest BCUT2D eigenvalue weighted by molar-refractivity contribution is -0.192. The molecule has 0 fully saturated rings. The molecule has 0 spiro atoms. The number of hydrogen-bond donors (Lipinski definition) is 2. The van der Waals surface area contributed by atoms with Crippen LogP contribution in [0.15, 0.2) is 42.6 Å². The highest BCUT2D eigenvalue weighted by Crippen LogP contribution is 2.18. The van der Waals surface area contributed by atoms with Crippen LogP contribution < -0.4 is 5.32 Å². The Bertz CT molecular complexity index is 478. The third-order valence-corrected chi connectivity index (χ3v) is 1.93. The molecule has 0 saturated heterocycles.